The van der Waals surface area contributed by atoms with Crippen molar-refractivity contribution in [2.24, 2.45) is 0 Å². The Balaban J connectivity index is 1.97. The van der Waals surface area contributed by atoms with Gasteiger partial charge in [-0.25, -0.2) is 0 Å². The lowest BCUT2D eigenvalue weighted by Gasteiger charge is -2.27. The molecule has 2 nitrogen and oxygen atoms in total. The largest absolute Gasteiger partial charge is 0.412 e. The average Bonchev–Trinajstić information content (AvgIpc) is 2.34. The van der Waals surface area contributed by atoms with Crippen LogP contribution in [0.3, 0.4) is 0 Å². The van der Waals surface area contributed by atoms with E-state index in [1.807, 2.05) is 6.07 Å². The Morgan fingerprint density at radius 1 is 1.22 bits per heavy atom. The van der Waals surface area contributed by atoms with E-state index in [1.165, 1.54) is 6.08 Å². The maximum Gasteiger partial charge on any atom is 0.412 e. The van der Waals surface area contributed by atoms with Gasteiger partial charge in [-0.2, -0.15) is 13.2 Å². The van der Waals surface area contributed by atoms with Gasteiger partial charge in [-0.05, 0) is 17.7 Å². The number of benzene rings is 1. The van der Waals surface area contributed by atoms with Crippen LogP contribution in [0.1, 0.15) is 5.56 Å². The third-order valence-corrected chi connectivity index (χ3v) is 4.02. The highest BCUT2D eigenvalue weighted by Crippen LogP contribution is 2.39. The molecule has 6 heteroatoms. The van der Waals surface area contributed by atoms with E-state index in [-0.39, 0.29) is 0 Å². The third-order valence-electron chi connectivity index (χ3n) is 2.96. The van der Waals surface area contributed by atoms with E-state index in [0.29, 0.717) is 5.69 Å². The fourth-order valence-corrected chi connectivity index (χ4v) is 2.98. The second-order valence-electron chi connectivity index (χ2n) is 4.23. The molecule has 1 aromatic rings. The first-order valence-corrected chi connectivity index (χ1v) is 6.59. The summed E-state index contributed by atoms with van der Waals surface area (Å²) in [4.78, 5) is 1.00. The fraction of sp³-hybridized carbons (Fsp3) is 0.333. The maximum atomic E-state index is 12.6. The number of halogens is 3. The van der Waals surface area contributed by atoms with E-state index in [4.69, 9.17) is 0 Å². The van der Waals surface area contributed by atoms with Crippen molar-refractivity contribution in [2.75, 3.05) is 22.9 Å². The smallest absolute Gasteiger partial charge is 0.383 e. The lowest BCUT2D eigenvalue weighted by atomic mass is 10.0. The second-order valence-corrected chi connectivity index (χ2v) is 5.37. The Kier molecular flexibility index (Phi) is 2.69. The molecular weight excluding hydrogens is 261 g/mol. The van der Waals surface area contributed by atoms with Crippen LogP contribution in [-0.2, 0) is 0 Å². The van der Waals surface area contributed by atoms with Crippen molar-refractivity contribution in [1.82, 2.24) is 0 Å². The zero-order chi connectivity index (χ0) is 12.8. The molecule has 0 fully saturated rings. The minimum absolute atomic E-state index is 0.551. The standard InChI is InChI=1S/C12H11F3N2S/c13-12(14,15)11-2-1-7-5-9-10(6-8(7)17-11)18-4-3-16-9/h1-2,5-6,11,16-17H,3-4H2. The van der Waals surface area contributed by atoms with Crippen molar-refractivity contribution in [3.63, 3.8) is 0 Å². The number of hydrogen-bond acceptors (Lipinski definition) is 3. The summed E-state index contributed by atoms with van der Waals surface area (Å²) in [5.41, 5.74) is 2.35. The van der Waals surface area contributed by atoms with Crippen LogP contribution in [0.5, 0.6) is 0 Å². The molecule has 96 valence electrons. The van der Waals surface area contributed by atoms with E-state index >= 15 is 0 Å². The van der Waals surface area contributed by atoms with Crippen LogP contribution in [-0.4, -0.2) is 24.5 Å². The molecule has 0 saturated heterocycles. The molecular formula is C12H11F3N2S. The predicted octanol–water partition coefficient (Wildman–Crippen LogP) is 3.57. The normalized spacial score (nSPS) is 21.6. The van der Waals surface area contributed by atoms with Gasteiger partial charge in [0.25, 0.3) is 0 Å². The van der Waals surface area contributed by atoms with Crippen LogP contribution in [0.2, 0.25) is 0 Å². The van der Waals surface area contributed by atoms with E-state index in [0.717, 1.165) is 34.5 Å². The van der Waals surface area contributed by atoms with Crippen LogP contribution >= 0.6 is 11.8 Å². The number of thioether (sulfide) groups is 1. The number of rotatable bonds is 0. The first kappa shape index (κ1) is 11.8. The quantitative estimate of drug-likeness (QED) is 0.755. The molecule has 0 spiro atoms. The maximum absolute atomic E-state index is 12.6. The molecule has 1 unspecified atom stereocenters. The van der Waals surface area contributed by atoms with Gasteiger partial charge in [-0.15, -0.1) is 11.8 Å². The first-order chi connectivity index (χ1) is 8.54. The summed E-state index contributed by atoms with van der Waals surface area (Å²) in [5, 5.41) is 5.78. The molecule has 2 aliphatic heterocycles. The van der Waals surface area contributed by atoms with Crippen molar-refractivity contribution in [1.29, 1.82) is 0 Å². The van der Waals surface area contributed by atoms with Crippen LogP contribution < -0.4 is 10.6 Å². The van der Waals surface area contributed by atoms with Crippen LogP contribution in [0.4, 0.5) is 24.5 Å². The van der Waals surface area contributed by atoms with Crippen molar-refractivity contribution < 1.29 is 13.2 Å². The van der Waals surface area contributed by atoms with E-state index < -0.39 is 12.2 Å². The molecule has 1 atom stereocenters. The summed E-state index contributed by atoms with van der Waals surface area (Å²) >= 11 is 1.66. The molecule has 0 radical (unpaired) electrons. The Bertz CT molecular complexity index is 511. The van der Waals surface area contributed by atoms with Gasteiger partial charge in [0.1, 0.15) is 6.04 Å². The summed E-state index contributed by atoms with van der Waals surface area (Å²) in [5.74, 6) is 0.935. The summed E-state index contributed by atoms with van der Waals surface area (Å²) < 4.78 is 37.9. The van der Waals surface area contributed by atoms with Gasteiger partial charge in [-0.1, -0.05) is 12.2 Å². The van der Waals surface area contributed by atoms with Crippen LogP contribution in [0, 0.1) is 0 Å². The highest BCUT2D eigenvalue weighted by atomic mass is 32.2. The molecule has 0 amide bonds. The molecule has 0 bridgehead atoms. The van der Waals surface area contributed by atoms with Gasteiger partial charge < -0.3 is 10.6 Å². The van der Waals surface area contributed by atoms with Crippen molar-refractivity contribution >= 4 is 29.2 Å². The number of alkyl halides is 3. The highest BCUT2D eigenvalue weighted by molar-refractivity contribution is 7.99. The number of fused-ring (bicyclic) bond motifs is 2. The summed E-state index contributed by atoms with van der Waals surface area (Å²) in [6, 6.07) is 2.10. The molecule has 3 rings (SSSR count). The summed E-state index contributed by atoms with van der Waals surface area (Å²) in [6.45, 7) is 0.888. The molecule has 1 aromatic carbocycles. The fourth-order valence-electron chi connectivity index (χ4n) is 2.07. The van der Waals surface area contributed by atoms with Gasteiger partial charge in [0.15, 0.2) is 0 Å². The first-order valence-electron chi connectivity index (χ1n) is 5.60. The van der Waals surface area contributed by atoms with Gasteiger partial charge in [0.2, 0.25) is 0 Å². The lowest BCUT2D eigenvalue weighted by molar-refractivity contribution is -0.132. The molecule has 0 saturated carbocycles. The SMILES string of the molecule is FC(F)(F)C1C=Cc2cc3c(cc2N1)SCCN3. The monoisotopic (exact) mass is 272 g/mol. The minimum Gasteiger partial charge on any atom is -0.383 e. The minimum atomic E-state index is -4.25. The Labute approximate surface area is 107 Å². The van der Waals surface area contributed by atoms with Gasteiger partial charge in [-0.3, -0.25) is 0 Å². The number of nitrogens with one attached hydrogen (secondary N) is 2. The van der Waals surface area contributed by atoms with Gasteiger partial charge in [0.05, 0.1) is 0 Å². The van der Waals surface area contributed by atoms with E-state index in [9.17, 15) is 13.2 Å². The Morgan fingerprint density at radius 3 is 2.83 bits per heavy atom. The van der Waals surface area contributed by atoms with Gasteiger partial charge in [0, 0.05) is 28.6 Å². The molecule has 2 N–H and O–H groups in total. The zero-order valence-electron chi connectivity index (χ0n) is 9.34. The summed E-state index contributed by atoms with van der Waals surface area (Å²) in [7, 11) is 0. The van der Waals surface area contributed by atoms with Gasteiger partial charge >= 0.3 is 6.18 Å². The zero-order valence-corrected chi connectivity index (χ0v) is 10.2. The summed E-state index contributed by atoms with van der Waals surface area (Å²) in [6.07, 6.45) is -1.56. The molecule has 18 heavy (non-hydrogen) atoms. The van der Waals surface area contributed by atoms with Crippen LogP contribution in [0.15, 0.2) is 23.1 Å². The predicted molar refractivity (Wildman–Crippen MR) is 68.2 cm³/mol. The van der Waals surface area contributed by atoms with Crippen molar-refractivity contribution in [2.45, 2.75) is 17.1 Å². The Morgan fingerprint density at radius 2 is 2.06 bits per heavy atom. The highest BCUT2D eigenvalue weighted by Gasteiger charge is 2.39. The molecule has 0 aromatic heterocycles. The third kappa shape index (κ3) is 2.05. The molecule has 2 aliphatic rings. The Hall–Kier alpha value is -1.30. The van der Waals surface area contributed by atoms with Crippen molar-refractivity contribution in [3.05, 3.63) is 23.8 Å². The van der Waals surface area contributed by atoms with E-state index in [1.54, 1.807) is 17.8 Å². The molecule has 0 aliphatic carbocycles. The van der Waals surface area contributed by atoms with Crippen molar-refractivity contribution in [3.8, 4) is 0 Å². The second kappa shape index (κ2) is 4.12. The lowest BCUT2D eigenvalue weighted by Crippen LogP contribution is -2.35. The topological polar surface area (TPSA) is 24.1 Å². The average molecular weight is 272 g/mol. The van der Waals surface area contributed by atoms with Crippen LogP contribution in [0.25, 0.3) is 6.08 Å². The number of hydrogen-bond donors (Lipinski definition) is 2. The number of anilines is 2. The molecule has 2 heterocycles. The van der Waals surface area contributed by atoms with E-state index in [2.05, 4.69) is 10.6 Å².